The molecule has 0 saturated carbocycles. The molecule has 1 nitrogen and oxygen atoms in total. The molecule has 1 saturated heterocycles. The molecule has 16 heavy (non-hydrogen) atoms. The maximum atomic E-state index is 3.87. The maximum Gasteiger partial charge on any atom is -0.00176 e. The predicted octanol–water partition coefficient (Wildman–Crippen LogP) is 4.29. The first kappa shape index (κ1) is 13.8. The van der Waals surface area contributed by atoms with Crippen LogP contribution >= 0.6 is 0 Å². The molecule has 1 rings (SSSR count). The van der Waals surface area contributed by atoms with E-state index in [1.165, 1.54) is 77.3 Å². The van der Waals surface area contributed by atoms with Gasteiger partial charge in [-0.3, -0.25) is 0 Å². The van der Waals surface area contributed by atoms with Gasteiger partial charge in [-0.1, -0.05) is 51.0 Å². The average molecular weight is 223 g/mol. The highest BCUT2D eigenvalue weighted by Gasteiger charge is 2.06. The molecular formula is C15H29N. The molecular weight excluding hydrogens is 194 g/mol. The lowest BCUT2D eigenvalue weighted by Crippen LogP contribution is -2.23. The normalized spacial score (nSPS) is 26.1. The third-order valence-corrected chi connectivity index (χ3v) is 3.65. The lowest BCUT2D eigenvalue weighted by atomic mass is 9.97. The Labute approximate surface area is 102 Å². The van der Waals surface area contributed by atoms with Crippen molar-refractivity contribution < 1.29 is 0 Å². The van der Waals surface area contributed by atoms with Crippen LogP contribution in [-0.4, -0.2) is 13.1 Å². The van der Waals surface area contributed by atoms with Gasteiger partial charge in [0.1, 0.15) is 0 Å². The molecule has 94 valence electrons. The Morgan fingerprint density at radius 2 is 1.56 bits per heavy atom. The Morgan fingerprint density at radius 3 is 2.25 bits per heavy atom. The van der Waals surface area contributed by atoms with Gasteiger partial charge in [0.25, 0.3) is 0 Å². The highest BCUT2D eigenvalue weighted by molar-refractivity contribution is 4.75. The van der Waals surface area contributed by atoms with E-state index in [0.717, 1.165) is 5.92 Å². The second-order valence-corrected chi connectivity index (χ2v) is 5.21. The third-order valence-electron chi connectivity index (χ3n) is 3.65. The second kappa shape index (κ2) is 9.89. The van der Waals surface area contributed by atoms with E-state index in [4.69, 9.17) is 0 Å². The van der Waals surface area contributed by atoms with Crippen molar-refractivity contribution in [1.82, 2.24) is 5.32 Å². The topological polar surface area (TPSA) is 12.0 Å². The number of hydrogen-bond acceptors (Lipinski definition) is 1. The Balaban J connectivity index is 2.23. The number of allylic oxidation sites excluding steroid dienone is 1. The van der Waals surface area contributed by atoms with Gasteiger partial charge in [0.15, 0.2) is 0 Å². The summed E-state index contributed by atoms with van der Waals surface area (Å²) in [6, 6.07) is 0. The quantitative estimate of drug-likeness (QED) is 0.689. The van der Waals surface area contributed by atoms with Crippen molar-refractivity contribution >= 4 is 0 Å². The maximum absolute atomic E-state index is 3.87. The van der Waals surface area contributed by atoms with Gasteiger partial charge >= 0.3 is 0 Å². The first-order valence-electron chi connectivity index (χ1n) is 7.25. The van der Waals surface area contributed by atoms with Crippen molar-refractivity contribution in [2.24, 2.45) is 5.92 Å². The fourth-order valence-electron chi connectivity index (χ4n) is 2.59. The molecule has 1 aliphatic heterocycles. The van der Waals surface area contributed by atoms with Gasteiger partial charge in [-0.25, -0.2) is 0 Å². The fraction of sp³-hybridized carbons (Fsp3) is 0.867. The third kappa shape index (κ3) is 7.05. The molecule has 0 aromatic heterocycles. The molecule has 1 unspecified atom stereocenters. The molecule has 0 aromatic carbocycles. The molecule has 0 spiro atoms. The molecule has 1 aliphatic rings. The van der Waals surface area contributed by atoms with Crippen LogP contribution in [0, 0.1) is 5.92 Å². The summed E-state index contributed by atoms with van der Waals surface area (Å²) < 4.78 is 0. The van der Waals surface area contributed by atoms with Crippen LogP contribution in [0.2, 0.25) is 0 Å². The number of nitrogens with one attached hydrogen (secondary N) is 1. The molecule has 0 amide bonds. The van der Waals surface area contributed by atoms with Crippen molar-refractivity contribution in [3.63, 3.8) is 0 Å². The Bertz CT molecular complexity index is 151. The van der Waals surface area contributed by atoms with Crippen molar-refractivity contribution in [2.75, 3.05) is 13.1 Å². The standard InChI is InChI=1S/C15H29N/c1-2-11-15-12-9-7-5-3-4-6-8-10-13-16-14-15/h2,15-16H,1,3-14H2. The smallest absolute Gasteiger partial charge is 0.00176 e. The Morgan fingerprint density at radius 1 is 0.938 bits per heavy atom. The molecule has 0 aliphatic carbocycles. The zero-order valence-corrected chi connectivity index (χ0v) is 10.8. The van der Waals surface area contributed by atoms with E-state index >= 15 is 0 Å². The minimum Gasteiger partial charge on any atom is -0.316 e. The van der Waals surface area contributed by atoms with E-state index in [1.807, 2.05) is 0 Å². The minimum absolute atomic E-state index is 0.832. The van der Waals surface area contributed by atoms with Crippen LogP contribution < -0.4 is 5.32 Å². The van der Waals surface area contributed by atoms with Gasteiger partial charge in [0.05, 0.1) is 0 Å². The minimum atomic E-state index is 0.832. The van der Waals surface area contributed by atoms with Crippen molar-refractivity contribution in [3.8, 4) is 0 Å². The highest BCUT2D eigenvalue weighted by Crippen LogP contribution is 2.16. The van der Waals surface area contributed by atoms with Crippen LogP contribution in [0.25, 0.3) is 0 Å². The van der Waals surface area contributed by atoms with Gasteiger partial charge in [-0.2, -0.15) is 0 Å². The van der Waals surface area contributed by atoms with E-state index in [1.54, 1.807) is 0 Å². The molecule has 0 bridgehead atoms. The first-order valence-corrected chi connectivity index (χ1v) is 7.25. The zero-order chi connectivity index (χ0) is 11.5. The van der Waals surface area contributed by atoms with Gasteiger partial charge in [-0.15, -0.1) is 6.58 Å². The van der Waals surface area contributed by atoms with Crippen molar-refractivity contribution in [3.05, 3.63) is 12.7 Å². The molecule has 1 heterocycles. The van der Waals surface area contributed by atoms with Crippen LogP contribution in [0.4, 0.5) is 0 Å². The van der Waals surface area contributed by atoms with Crippen LogP contribution in [0.1, 0.15) is 64.2 Å². The van der Waals surface area contributed by atoms with Crippen LogP contribution in [0.5, 0.6) is 0 Å². The van der Waals surface area contributed by atoms with Gasteiger partial charge in [0.2, 0.25) is 0 Å². The summed E-state index contributed by atoms with van der Waals surface area (Å²) in [4.78, 5) is 0. The largest absolute Gasteiger partial charge is 0.316 e. The summed E-state index contributed by atoms with van der Waals surface area (Å²) in [6.45, 7) is 6.29. The van der Waals surface area contributed by atoms with Crippen molar-refractivity contribution in [2.45, 2.75) is 64.2 Å². The highest BCUT2D eigenvalue weighted by atomic mass is 14.8. The molecule has 1 N–H and O–H groups in total. The fourth-order valence-corrected chi connectivity index (χ4v) is 2.59. The van der Waals surface area contributed by atoms with E-state index in [9.17, 15) is 0 Å². The SMILES string of the molecule is C=CCC1CCCCCCCCCCNC1. The molecule has 1 fully saturated rings. The van der Waals surface area contributed by atoms with E-state index in [2.05, 4.69) is 18.0 Å². The van der Waals surface area contributed by atoms with Crippen molar-refractivity contribution in [1.29, 1.82) is 0 Å². The summed E-state index contributed by atoms with van der Waals surface area (Å²) >= 11 is 0. The Hall–Kier alpha value is -0.300. The zero-order valence-electron chi connectivity index (χ0n) is 10.8. The van der Waals surface area contributed by atoms with E-state index < -0.39 is 0 Å². The summed E-state index contributed by atoms with van der Waals surface area (Å²) in [6.07, 6.45) is 16.1. The summed E-state index contributed by atoms with van der Waals surface area (Å²) in [5.74, 6) is 0.832. The Kier molecular flexibility index (Phi) is 8.51. The van der Waals surface area contributed by atoms with Gasteiger partial charge in [0, 0.05) is 0 Å². The number of rotatable bonds is 2. The van der Waals surface area contributed by atoms with E-state index in [-0.39, 0.29) is 0 Å². The summed E-state index contributed by atoms with van der Waals surface area (Å²) in [7, 11) is 0. The second-order valence-electron chi connectivity index (χ2n) is 5.21. The van der Waals surface area contributed by atoms with Gasteiger partial charge in [-0.05, 0) is 38.3 Å². The van der Waals surface area contributed by atoms with E-state index in [0.29, 0.717) is 0 Å². The van der Waals surface area contributed by atoms with Gasteiger partial charge < -0.3 is 5.32 Å². The molecule has 0 radical (unpaired) electrons. The predicted molar refractivity (Wildman–Crippen MR) is 72.7 cm³/mol. The monoisotopic (exact) mass is 223 g/mol. The number of hydrogen-bond donors (Lipinski definition) is 1. The molecule has 1 atom stereocenters. The summed E-state index contributed by atoms with van der Waals surface area (Å²) in [5.41, 5.74) is 0. The molecule has 1 heteroatoms. The van der Waals surface area contributed by atoms with Crippen LogP contribution in [0.15, 0.2) is 12.7 Å². The average Bonchev–Trinajstić information content (AvgIpc) is 2.31. The molecule has 0 aromatic rings. The summed E-state index contributed by atoms with van der Waals surface area (Å²) in [5, 5.41) is 3.61. The first-order chi connectivity index (χ1) is 7.93. The lowest BCUT2D eigenvalue weighted by Gasteiger charge is -2.15. The lowest BCUT2D eigenvalue weighted by molar-refractivity contribution is 0.427. The van der Waals surface area contributed by atoms with Crippen LogP contribution in [0.3, 0.4) is 0 Å². The van der Waals surface area contributed by atoms with Crippen LogP contribution in [-0.2, 0) is 0 Å².